The summed E-state index contributed by atoms with van der Waals surface area (Å²) in [5.74, 6) is -0.398. The van der Waals surface area contributed by atoms with Gasteiger partial charge in [0, 0.05) is 36.5 Å². The molecule has 0 spiro atoms. The van der Waals surface area contributed by atoms with Crippen molar-refractivity contribution in [1.29, 1.82) is 0 Å². The zero-order chi connectivity index (χ0) is 29.6. The molecule has 5 nitrogen and oxygen atoms in total. The molecule has 2 N–H and O–H groups in total. The summed E-state index contributed by atoms with van der Waals surface area (Å²) < 4.78 is 20.4. The van der Waals surface area contributed by atoms with Gasteiger partial charge in [-0.05, 0) is 28.8 Å². The second-order valence-electron chi connectivity index (χ2n) is 12.7. The first-order chi connectivity index (χ1) is 19.6. The summed E-state index contributed by atoms with van der Waals surface area (Å²) in [6.45, 7) is 12.9. The molecule has 1 fully saturated rings. The van der Waals surface area contributed by atoms with E-state index in [0.29, 0.717) is 12.8 Å². The van der Waals surface area contributed by atoms with Crippen molar-refractivity contribution in [2.45, 2.75) is 90.1 Å². The summed E-state index contributed by atoms with van der Waals surface area (Å²) >= 11 is 0. The Kier molecular flexibility index (Phi) is 10.6. The van der Waals surface area contributed by atoms with Crippen molar-refractivity contribution in [1.82, 2.24) is 0 Å². The average molecular weight is 577 g/mol. The molecular weight excluding hydrogens is 528 g/mol. The van der Waals surface area contributed by atoms with Gasteiger partial charge in [0.25, 0.3) is 8.32 Å². The van der Waals surface area contributed by atoms with Gasteiger partial charge in [-0.1, -0.05) is 126 Å². The van der Waals surface area contributed by atoms with Crippen molar-refractivity contribution in [3.63, 3.8) is 0 Å². The van der Waals surface area contributed by atoms with Crippen LogP contribution in [0.3, 0.4) is 0 Å². The topological polar surface area (TPSA) is 68.2 Å². The van der Waals surface area contributed by atoms with Gasteiger partial charge >= 0.3 is 0 Å². The molecule has 3 aromatic rings. The van der Waals surface area contributed by atoms with E-state index in [1.807, 2.05) is 44.2 Å². The van der Waals surface area contributed by atoms with Crippen LogP contribution in [-0.4, -0.2) is 49.6 Å². The molecule has 4 rings (SSSR count). The molecule has 0 radical (unpaired) electrons. The fourth-order valence-electron chi connectivity index (χ4n) is 6.25. The molecular formula is C35H48O5Si. The van der Waals surface area contributed by atoms with E-state index in [4.69, 9.17) is 13.9 Å². The number of hydrogen-bond acceptors (Lipinski definition) is 5. The minimum Gasteiger partial charge on any atom is -0.405 e. The Labute approximate surface area is 247 Å². The highest BCUT2D eigenvalue weighted by Gasteiger charge is 2.51. The molecule has 1 aliphatic heterocycles. The Morgan fingerprint density at radius 1 is 0.829 bits per heavy atom. The summed E-state index contributed by atoms with van der Waals surface area (Å²) in [6, 6.07) is 31.4. The van der Waals surface area contributed by atoms with Gasteiger partial charge in [-0.3, -0.25) is 0 Å². The van der Waals surface area contributed by atoms with E-state index in [1.54, 1.807) is 0 Å². The lowest BCUT2D eigenvalue weighted by Gasteiger charge is -2.46. The van der Waals surface area contributed by atoms with Crippen molar-refractivity contribution < 1.29 is 24.1 Å². The normalized spacial score (nSPS) is 23.0. The molecule has 0 aliphatic carbocycles. The van der Waals surface area contributed by atoms with Crippen LogP contribution >= 0.6 is 0 Å². The SMILES string of the molecule is C[C@H]([C@H](O)[C@H](C)CO)[C@@H]1C[C@H](C[C@@H](C)O[Si](c2ccccc2)(c2ccccc2)C(C)(C)C)OC(c2ccccc2)O1. The van der Waals surface area contributed by atoms with Crippen molar-refractivity contribution in [3.05, 3.63) is 96.6 Å². The highest BCUT2D eigenvalue weighted by atomic mass is 28.4. The number of benzene rings is 3. The monoisotopic (exact) mass is 576 g/mol. The summed E-state index contributed by atoms with van der Waals surface area (Å²) in [5, 5.41) is 23.0. The molecule has 3 aromatic carbocycles. The highest BCUT2D eigenvalue weighted by molar-refractivity contribution is 6.99. The molecule has 1 heterocycles. The number of aliphatic hydroxyl groups is 2. The largest absolute Gasteiger partial charge is 0.405 e. The van der Waals surface area contributed by atoms with Crippen LogP contribution in [0.25, 0.3) is 0 Å². The molecule has 41 heavy (non-hydrogen) atoms. The van der Waals surface area contributed by atoms with Gasteiger partial charge < -0.3 is 24.1 Å². The Bertz CT molecular complexity index is 1140. The predicted octanol–water partition coefficient (Wildman–Crippen LogP) is 5.84. The highest BCUT2D eigenvalue weighted by Crippen LogP contribution is 2.40. The second kappa shape index (κ2) is 13.8. The zero-order valence-corrected chi connectivity index (χ0v) is 26.4. The molecule has 7 atom stereocenters. The fourth-order valence-corrected chi connectivity index (χ4v) is 11.0. The van der Waals surface area contributed by atoms with E-state index >= 15 is 0 Å². The van der Waals surface area contributed by atoms with Crippen LogP contribution in [0.2, 0.25) is 5.04 Å². The van der Waals surface area contributed by atoms with Crippen LogP contribution in [0.1, 0.15) is 66.2 Å². The smallest absolute Gasteiger partial charge is 0.261 e. The standard InChI is InChI=1S/C35H48O5Si/c1-25(24-36)33(37)27(3)32-23-29(38-34(39-32)28-16-10-7-11-17-28)22-26(2)40-41(35(4,5)6,30-18-12-8-13-19-30)31-20-14-9-15-21-31/h7-21,25-27,29,32-34,36-37H,22-24H2,1-6H3/t25-,26-,27+,29+,32+,33-,34?/m1/s1. The van der Waals surface area contributed by atoms with Gasteiger partial charge in [0.1, 0.15) is 0 Å². The Hall–Kier alpha value is -2.32. The number of aliphatic hydroxyl groups excluding tert-OH is 2. The van der Waals surface area contributed by atoms with E-state index in [0.717, 1.165) is 5.56 Å². The van der Waals surface area contributed by atoms with Crippen LogP contribution in [0.4, 0.5) is 0 Å². The Balaban J connectivity index is 1.63. The van der Waals surface area contributed by atoms with E-state index in [2.05, 4.69) is 88.4 Å². The van der Waals surface area contributed by atoms with Gasteiger partial charge in [0.15, 0.2) is 6.29 Å². The maximum absolute atomic E-state index is 11.0. The van der Waals surface area contributed by atoms with E-state index in [1.165, 1.54) is 10.4 Å². The summed E-state index contributed by atoms with van der Waals surface area (Å²) in [6.07, 6.45) is -0.280. The van der Waals surface area contributed by atoms with Crippen LogP contribution in [0, 0.1) is 11.8 Å². The Morgan fingerprint density at radius 2 is 1.34 bits per heavy atom. The first-order valence-corrected chi connectivity index (χ1v) is 16.9. The summed E-state index contributed by atoms with van der Waals surface area (Å²) in [5.41, 5.74) is 0.958. The van der Waals surface area contributed by atoms with Crippen molar-refractivity contribution in [2.75, 3.05) is 6.61 Å². The zero-order valence-electron chi connectivity index (χ0n) is 25.4. The second-order valence-corrected chi connectivity index (χ2v) is 17.0. The lowest BCUT2D eigenvalue weighted by Crippen LogP contribution is -2.67. The summed E-state index contributed by atoms with van der Waals surface area (Å²) in [4.78, 5) is 0. The molecule has 0 saturated carbocycles. The molecule has 222 valence electrons. The van der Waals surface area contributed by atoms with Crippen LogP contribution in [-0.2, 0) is 13.9 Å². The molecule has 1 aliphatic rings. The van der Waals surface area contributed by atoms with E-state index in [-0.39, 0.29) is 41.8 Å². The first-order valence-electron chi connectivity index (χ1n) is 15.0. The third-order valence-corrected chi connectivity index (χ3v) is 13.7. The fraction of sp³-hybridized carbons (Fsp3) is 0.486. The Morgan fingerprint density at radius 3 is 1.83 bits per heavy atom. The van der Waals surface area contributed by atoms with Crippen LogP contribution < -0.4 is 10.4 Å². The minimum absolute atomic E-state index is 0.0658. The summed E-state index contributed by atoms with van der Waals surface area (Å²) in [7, 11) is -2.71. The number of rotatable bonds is 11. The van der Waals surface area contributed by atoms with E-state index in [9.17, 15) is 10.2 Å². The lowest BCUT2D eigenvalue weighted by molar-refractivity contribution is -0.267. The van der Waals surface area contributed by atoms with Crippen LogP contribution in [0.5, 0.6) is 0 Å². The van der Waals surface area contributed by atoms with Gasteiger partial charge in [-0.15, -0.1) is 0 Å². The molecule has 6 heteroatoms. The van der Waals surface area contributed by atoms with Gasteiger partial charge in [-0.25, -0.2) is 0 Å². The third kappa shape index (κ3) is 7.19. The molecule has 1 saturated heterocycles. The third-order valence-electron chi connectivity index (χ3n) is 8.57. The predicted molar refractivity (Wildman–Crippen MR) is 168 cm³/mol. The minimum atomic E-state index is -2.71. The van der Waals surface area contributed by atoms with Crippen molar-refractivity contribution in [3.8, 4) is 0 Å². The maximum atomic E-state index is 11.0. The van der Waals surface area contributed by atoms with Gasteiger partial charge in [-0.2, -0.15) is 0 Å². The average Bonchev–Trinajstić information content (AvgIpc) is 2.99. The molecule has 0 bridgehead atoms. The van der Waals surface area contributed by atoms with Gasteiger partial charge in [0.05, 0.1) is 18.3 Å². The molecule has 1 unspecified atom stereocenters. The lowest BCUT2D eigenvalue weighted by atomic mass is 9.86. The molecule has 0 aromatic heterocycles. The number of ether oxygens (including phenoxy) is 2. The molecule has 0 amide bonds. The number of hydrogen-bond donors (Lipinski definition) is 2. The van der Waals surface area contributed by atoms with Crippen molar-refractivity contribution >= 4 is 18.7 Å². The van der Waals surface area contributed by atoms with Crippen molar-refractivity contribution in [2.24, 2.45) is 11.8 Å². The quantitative estimate of drug-likeness (QED) is 0.281. The van der Waals surface area contributed by atoms with Gasteiger partial charge in [0.2, 0.25) is 0 Å². The van der Waals surface area contributed by atoms with Crippen LogP contribution in [0.15, 0.2) is 91.0 Å². The first kappa shape index (κ1) is 31.6. The maximum Gasteiger partial charge on any atom is 0.261 e. The van der Waals surface area contributed by atoms with E-state index < -0.39 is 20.7 Å².